The van der Waals surface area contributed by atoms with Crippen LogP contribution in [0.5, 0.6) is 0 Å². The number of nitrogens with one attached hydrogen (secondary N) is 1. The van der Waals surface area contributed by atoms with Gasteiger partial charge in [-0.25, -0.2) is 4.68 Å². The van der Waals surface area contributed by atoms with Crippen LogP contribution >= 0.6 is 11.6 Å². The molecule has 0 saturated heterocycles. The van der Waals surface area contributed by atoms with Gasteiger partial charge in [-0.1, -0.05) is 17.7 Å². The van der Waals surface area contributed by atoms with Crippen molar-refractivity contribution in [3.8, 4) is 17.1 Å². The standard InChI is InChI=1S/C18H19ClN4O2/c1-22(2)9-8-20-18(24)15-12-16(17-7-4-10-25-17)23(21-15)14-6-3-5-13(19)11-14/h3-7,10-12H,8-9H2,1-2H3,(H,20,24). The van der Waals surface area contributed by atoms with Crippen molar-refractivity contribution >= 4 is 17.5 Å². The van der Waals surface area contributed by atoms with Crippen molar-refractivity contribution in [2.24, 2.45) is 0 Å². The minimum atomic E-state index is -0.226. The molecule has 0 aliphatic rings. The number of nitrogens with zero attached hydrogens (tertiary/aromatic N) is 3. The molecule has 6 nitrogen and oxygen atoms in total. The number of aromatic nitrogens is 2. The van der Waals surface area contributed by atoms with E-state index in [1.165, 1.54) is 0 Å². The van der Waals surface area contributed by atoms with Gasteiger partial charge in [0, 0.05) is 24.2 Å². The van der Waals surface area contributed by atoms with Crippen molar-refractivity contribution in [2.75, 3.05) is 27.2 Å². The summed E-state index contributed by atoms with van der Waals surface area (Å²) in [4.78, 5) is 14.4. The number of likely N-dealkylation sites (N-methyl/N-ethyl adjacent to an activating group) is 1. The molecule has 25 heavy (non-hydrogen) atoms. The number of rotatable bonds is 6. The van der Waals surface area contributed by atoms with Gasteiger partial charge >= 0.3 is 0 Å². The van der Waals surface area contributed by atoms with Crippen LogP contribution in [0.2, 0.25) is 5.02 Å². The molecule has 1 N–H and O–H groups in total. The Kier molecular flexibility index (Phi) is 5.21. The molecule has 7 heteroatoms. The van der Waals surface area contributed by atoms with Crippen LogP contribution in [0, 0.1) is 0 Å². The lowest BCUT2D eigenvalue weighted by molar-refractivity contribution is 0.0945. The molecular formula is C18H19ClN4O2. The second-order valence-electron chi connectivity index (χ2n) is 5.84. The number of carbonyl (C=O) groups excluding carboxylic acids is 1. The topological polar surface area (TPSA) is 63.3 Å². The summed E-state index contributed by atoms with van der Waals surface area (Å²) in [5.41, 5.74) is 1.77. The summed E-state index contributed by atoms with van der Waals surface area (Å²) in [5, 5.41) is 7.91. The summed E-state index contributed by atoms with van der Waals surface area (Å²) >= 11 is 6.09. The molecule has 130 valence electrons. The van der Waals surface area contributed by atoms with Crippen LogP contribution in [0.25, 0.3) is 17.1 Å². The zero-order valence-corrected chi connectivity index (χ0v) is 14.8. The van der Waals surface area contributed by atoms with E-state index >= 15 is 0 Å². The Morgan fingerprint density at radius 1 is 1.28 bits per heavy atom. The molecule has 1 amide bonds. The van der Waals surface area contributed by atoms with Crippen LogP contribution in [0.4, 0.5) is 0 Å². The van der Waals surface area contributed by atoms with Gasteiger partial charge in [-0.15, -0.1) is 0 Å². The van der Waals surface area contributed by atoms with Gasteiger partial charge in [0.1, 0.15) is 5.69 Å². The van der Waals surface area contributed by atoms with E-state index in [2.05, 4.69) is 10.4 Å². The van der Waals surface area contributed by atoms with Gasteiger partial charge in [0.15, 0.2) is 11.5 Å². The highest BCUT2D eigenvalue weighted by Crippen LogP contribution is 2.25. The van der Waals surface area contributed by atoms with Crippen molar-refractivity contribution in [3.63, 3.8) is 0 Å². The fraction of sp³-hybridized carbons (Fsp3) is 0.222. The van der Waals surface area contributed by atoms with Crippen LogP contribution in [-0.2, 0) is 0 Å². The molecule has 0 bridgehead atoms. The van der Waals surface area contributed by atoms with E-state index in [1.54, 1.807) is 35.2 Å². The average Bonchev–Trinajstić information content (AvgIpc) is 3.23. The van der Waals surface area contributed by atoms with E-state index < -0.39 is 0 Å². The molecule has 0 radical (unpaired) electrons. The van der Waals surface area contributed by atoms with Gasteiger partial charge in [-0.05, 0) is 44.4 Å². The lowest BCUT2D eigenvalue weighted by Gasteiger charge is -2.09. The number of benzene rings is 1. The second kappa shape index (κ2) is 7.55. The summed E-state index contributed by atoms with van der Waals surface area (Å²) in [6, 6.07) is 12.6. The smallest absolute Gasteiger partial charge is 0.271 e. The number of carbonyl (C=O) groups is 1. The molecule has 0 aliphatic carbocycles. The van der Waals surface area contributed by atoms with Crippen LogP contribution in [0.15, 0.2) is 53.1 Å². The highest BCUT2D eigenvalue weighted by Gasteiger charge is 2.18. The zero-order valence-electron chi connectivity index (χ0n) is 14.1. The number of hydrogen-bond acceptors (Lipinski definition) is 4. The molecule has 2 aromatic heterocycles. The maximum atomic E-state index is 12.4. The highest BCUT2D eigenvalue weighted by molar-refractivity contribution is 6.30. The third-order valence-corrected chi connectivity index (χ3v) is 3.85. The first-order chi connectivity index (χ1) is 12.0. The minimum absolute atomic E-state index is 0.226. The Bertz CT molecular complexity index is 856. The van der Waals surface area contributed by atoms with Crippen molar-refractivity contribution < 1.29 is 9.21 Å². The van der Waals surface area contributed by atoms with Crippen LogP contribution < -0.4 is 5.32 Å². The predicted molar refractivity (Wildman–Crippen MR) is 97.2 cm³/mol. The van der Waals surface area contributed by atoms with Crippen LogP contribution in [0.3, 0.4) is 0 Å². The maximum absolute atomic E-state index is 12.4. The number of furan rings is 1. The van der Waals surface area contributed by atoms with Crippen LogP contribution in [0.1, 0.15) is 10.5 Å². The molecule has 0 spiro atoms. The fourth-order valence-electron chi connectivity index (χ4n) is 2.38. The molecule has 0 aliphatic heterocycles. The first kappa shape index (κ1) is 17.3. The Balaban J connectivity index is 1.94. The monoisotopic (exact) mass is 358 g/mol. The largest absolute Gasteiger partial charge is 0.463 e. The SMILES string of the molecule is CN(C)CCNC(=O)c1cc(-c2ccco2)n(-c2cccc(Cl)c2)n1. The van der Waals surface area contributed by atoms with Crippen molar-refractivity contribution in [3.05, 3.63) is 59.4 Å². The predicted octanol–water partition coefficient (Wildman–Crippen LogP) is 3.08. The van der Waals surface area contributed by atoms with Crippen LogP contribution in [-0.4, -0.2) is 47.8 Å². The summed E-state index contributed by atoms with van der Waals surface area (Å²) in [6.45, 7) is 1.30. The Labute approximate surface area is 151 Å². The molecule has 1 aromatic carbocycles. The zero-order chi connectivity index (χ0) is 17.8. The first-order valence-electron chi connectivity index (χ1n) is 7.87. The van der Waals surface area contributed by atoms with E-state index in [0.717, 1.165) is 12.2 Å². The molecule has 2 heterocycles. The lowest BCUT2D eigenvalue weighted by Crippen LogP contribution is -2.31. The quantitative estimate of drug-likeness (QED) is 0.735. The van der Waals surface area contributed by atoms with E-state index in [-0.39, 0.29) is 5.91 Å². The van der Waals surface area contributed by atoms with Crippen molar-refractivity contribution in [2.45, 2.75) is 0 Å². The summed E-state index contributed by atoms with van der Waals surface area (Å²) in [7, 11) is 3.91. The molecule has 3 aromatic rings. The van der Waals surface area contributed by atoms with E-state index in [9.17, 15) is 4.79 Å². The molecule has 0 unspecified atom stereocenters. The third kappa shape index (κ3) is 4.10. The van der Waals surface area contributed by atoms with E-state index in [1.807, 2.05) is 37.2 Å². The van der Waals surface area contributed by atoms with Gasteiger partial charge in [0.05, 0.1) is 12.0 Å². The summed E-state index contributed by atoms with van der Waals surface area (Å²) < 4.78 is 7.14. The maximum Gasteiger partial charge on any atom is 0.271 e. The number of amides is 1. The molecule has 0 fully saturated rings. The number of hydrogen-bond donors (Lipinski definition) is 1. The van der Waals surface area contributed by atoms with Gasteiger partial charge in [0.25, 0.3) is 5.91 Å². The Hall–Kier alpha value is -2.57. The average molecular weight is 359 g/mol. The number of halogens is 1. The van der Waals surface area contributed by atoms with Crippen molar-refractivity contribution in [1.82, 2.24) is 20.0 Å². The third-order valence-electron chi connectivity index (χ3n) is 3.61. The summed E-state index contributed by atoms with van der Waals surface area (Å²) in [6.07, 6.45) is 1.58. The second-order valence-corrected chi connectivity index (χ2v) is 6.28. The van der Waals surface area contributed by atoms with Gasteiger partial charge < -0.3 is 14.6 Å². The lowest BCUT2D eigenvalue weighted by atomic mass is 10.2. The van der Waals surface area contributed by atoms with Gasteiger partial charge in [0.2, 0.25) is 0 Å². The van der Waals surface area contributed by atoms with Crippen molar-refractivity contribution in [1.29, 1.82) is 0 Å². The van der Waals surface area contributed by atoms with Gasteiger partial charge in [-0.3, -0.25) is 4.79 Å². The Morgan fingerprint density at radius 2 is 2.12 bits per heavy atom. The molecule has 0 saturated carbocycles. The van der Waals surface area contributed by atoms with E-state index in [4.69, 9.17) is 16.0 Å². The molecular weight excluding hydrogens is 340 g/mol. The normalized spacial score (nSPS) is 11.0. The Morgan fingerprint density at radius 3 is 2.80 bits per heavy atom. The summed E-state index contributed by atoms with van der Waals surface area (Å²) in [5.74, 6) is 0.398. The molecule has 0 atom stereocenters. The first-order valence-corrected chi connectivity index (χ1v) is 8.25. The highest BCUT2D eigenvalue weighted by atomic mass is 35.5. The molecule has 3 rings (SSSR count). The van der Waals surface area contributed by atoms with Gasteiger partial charge in [-0.2, -0.15) is 5.10 Å². The van der Waals surface area contributed by atoms with E-state index in [0.29, 0.717) is 28.7 Å². The minimum Gasteiger partial charge on any atom is -0.463 e. The fourth-order valence-corrected chi connectivity index (χ4v) is 2.56.